The minimum absolute atomic E-state index is 0.0796. The summed E-state index contributed by atoms with van der Waals surface area (Å²) in [7, 11) is 3.47. The molecule has 1 aliphatic heterocycles. The van der Waals surface area contributed by atoms with Gasteiger partial charge in [-0.3, -0.25) is 4.90 Å². The van der Waals surface area contributed by atoms with Crippen LogP contribution in [0.3, 0.4) is 0 Å². The fourth-order valence-corrected chi connectivity index (χ4v) is 3.33. The number of anilines is 1. The predicted octanol–water partition coefficient (Wildman–Crippen LogP) is 1.20. The average Bonchev–Trinajstić information content (AvgIpc) is 3.27. The van der Waals surface area contributed by atoms with E-state index in [2.05, 4.69) is 10.1 Å². The Labute approximate surface area is 162 Å². The number of aldehydes is 1. The van der Waals surface area contributed by atoms with E-state index in [4.69, 9.17) is 19.9 Å². The molecule has 28 heavy (non-hydrogen) atoms. The average molecular weight is 391 g/mol. The van der Waals surface area contributed by atoms with Gasteiger partial charge in [0.1, 0.15) is 43.0 Å². The van der Waals surface area contributed by atoms with Crippen molar-refractivity contribution in [2.24, 2.45) is 0 Å². The summed E-state index contributed by atoms with van der Waals surface area (Å²) in [5.41, 5.74) is 7.46. The second-order valence-corrected chi connectivity index (χ2v) is 7.00. The van der Waals surface area contributed by atoms with Crippen LogP contribution in [0.5, 0.6) is 0 Å². The Morgan fingerprint density at radius 2 is 2.25 bits per heavy atom. The van der Waals surface area contributed by atoms with E-state index >= 15 is 0 Å². The zero-order chi connectivity index (χ0) is 20.3. The molecule has 2 aromatic heterocycles. The van der Waals surface area contributed by atoms with Gasteiger partial charge in [-0.2, -0.15) is 5.10 Å². The van der Waals surface area contributed by atoms with Gasteiger partial charge >= 0.3 is 6.16 Å². The number of nitrogen functional groups attached to an aromatic ring is 1. The maximum absolute atomic E-state index is 11.9. The number of carbonyl (C=O) groups excluding carboxylic acids is 2. The van der Waals surface area contributed by atoms with Crippen LogP contribution in [0.2, 0.25) is 0 Å². The van der Waals surface area contributed by atoms with Crippen LogP contribution in [0.25, 0.3) is 5.52 Å². The number of likely N-dealkylation sites (N-methyl/N-ethyl adjacent to an activating group) is 1. The third kappa shape index (κ3) is 4.23. The number of hydrogen-bond acceptors (Lipinski definition) is 9. The minimum Gasteiger partial charge on any atom is -0.432 e. The van der Waals surface area contributed by atoms with Gasteiger partial charge in [0, 0.05) is 0 Å². The van der Waals surface area contributed by atoms with Gasteiger partial charge < -0.3 is 24.7 Å². The first-order valence-electron chi connectivity index (χ1n) is 9.09. The summed E-state index contributed by atoms with van der Waals surface area (Å²) >= 11 is 0. The lowest BCUT2D eigenvalue weighted by atomic mass is 10.1. The molecule has 1 saturated heterocycles. The predicted molar refractivity (Wildman–Crippen MR) is 99.7 cm³/mol. The first-order valence-corrected chi connectivity index (χ1v) is 9.09. The Morgan fingerprint density at radius 3 is 2.96 bits per heavy atom. The van der Waals surface area contributed by atoms with Gasteiger partial charge in [0.05, 0.1) is 11.8 Å². The van der Waals surface area contributed by atoms with Crippen LogP contribution in [0, 0.1) is 0 Å². The molecule has 0 aliphatic carbocycles. The number of aromatic nitrogens is 3. The van der Waals surface area contributed by atoms with Crippen LogP contribution in [-0.2, 0) is 19.0 Å². The number of hydrogen-bond donors (Lipinski definition) is 1. The maximum Gasteiger partial charge on any atom is 0.508 e. The summed E-state index contributed by atoms with van der Waals surface area (Å²) in [4.78, 5) is 28.6. The summed E-state index contributed by atoms with van der Waals surface area (Å²) in [6.07, 6.45) is 1.79. The van der Waals surface area contributed by atoms with Crippen molar-refractivity contribution < 1.29 is 23.8 Å². The van der Waals surface area contributed by atoms with E-state index in [1.54, 1.807) is 30.4 Å². The smallest absolute Gasteiger partial charge is 0.432 e. The lowest BCUT2D eigenvalue weighted by Crippen LogP contribution is -2.41. The van der Waals surface area contributed by atoms with Crippen LogP contribution in [0.15, 0.2) is 18.5 Å². The maximum atomic E-state index is 11.9. The minimum atomic E-state index is -0.818. The van der Waals surface area contributed by atoms with Gasteiger partial charge in [0.25, 0.3) is 0 Å². The van der Waals surface area contributed by atoms with Crippen molar-refractivity contribution in [1.82, 2.24) is 19.5 Å². The van der Waals surface area contributed by atoms with Crippen molar-refractivity contribution in [2.75, 3.05) is 26.4 Å². The van der Waals surface area contributed by atoms with E-state index in [1.165, 1.54) is 6.33 Å². The van der Waals surface area contributed by atoms with Crippen LogP contribution in [0.1, 0.15) is 31.6 Å². The quantitative estimate of drug-likeness (QED) is 0.548. The van der Waals surface area contributed by atoms with E-state index < -0.39 is 18.3 Å². The summed E-state index contributed by atoms with van der Waals surface area (Å²) in [6.45, 7) is 1.73. The highest BCUT2D eigenvalue weighted by Crippen LogP contribution is 2.33. The van der Waals surface area contributed by atoms with Crippen LogP contribution in [0.4, 0.5) is 10.6 Å². The summed E-state index contributed by atoms with van der Waals surface area (Å²) < 4.78 is 18.1. The molecule has 1 fully saturated rings. The number of rotatable bonds is 7. The molecule has 152 valence electrons. The summed E-state index contributed by atoms with van der Waals surface area (Å²) in [5.74, 6) is 0.405. The van der Waals surface area contributed by atoms with Crippen LogP contribution >= 0.6 is 0 Å². The number of nitrogens with two attached hydrogens (primary N) is 1. The fraction of sp³-hybridized carbons (Fsp3) is 0.556. The zero-order valence-electron chi connectivity index (χ0n) is 16.1. The third-order valence-electron chi connectivity index (χ3n) is 4.83. The molecule has 10 nitrogen and oxygen atoms in total. The first-order chi connectivity index (χ1) is 13.4. The molecule has 0 bridgehead atoms. The van der Waals surface area contributed by atoms with Crippen molar-refractivity contribution in [3.05, 3.63) is 24.2 Å². The molecule has 0 amide bonds. The Balaban J connectivity index is 1.51. The first kappa shape index (κ1) is 20.0. The van der Waals surface area contributed by atoms with Gasteiger partial charge in [-0.1, -0.05) is 0 Å². The molecule has 1 aliphatic rings. The van der Waals surface area contributed by atoms with Crippen molar-refractivity contribution >= 4 is 23.8 Å². The molecule has 4 atom stereocenters. The molecule has 0 spiro atoms. The molecule has 0 saturated carbocycles. The monoisotopic (exact) mass is 391 g/mol. The van der Waals surface area contributed by atoms with Crippen LogP contribution in [-0.4, -0.2) is 70.9 Å². The molecule has 0 radical (unpaired) electrons. The normalized spacial score (nSPS) is 21.6. The SMILES string of the molecule is CC(OC(=O)OCC1CCC(c2ccc3c(N)ncnn23)O1)C(C=O)N(C)C. The Kier molecular flexibility index (Phi) is 6.10. The van der Waals surface area contributed by atoms with E-state index in [0.29, 0.717) is 5.82 Å². The van der Waals surface area contributed by atoms with E-state index in [9.17, 15) is 9.59 Å². The van der Waals surface area contributed by atoms with E-state index in [0.717, 1.165) is 30.3 Å². The lowest BCUT2D eigenvalue weighted by molar-refractivity contribution is -0.115. The highest BCUT2D eigenvalue weighted by molar-refractivity contribution is 5.65. The highest BCUT2D eigenvalue weighted by atomic mass is 16.7. The van der Waals surface area contributed by atoms with E-state index in [-0.39, 0.29) is 18.8 Å². The molecule has 0 aromatic carbocycles. The number of fused-ring (bicyclic) bond motifs is 1. The topological polar surface area (TPSA) is 121 Å². The fourth-order valence-electron chi connectivity index (χ4n) is 3.33. The second-order valence-electron chi connectivity index (χ2n) is 7.00. The van der Waals surface area contributed by atoms with Gasteiger partial charge in [0.2, 0.25) is 0 Å². The van der Waals surface area contributed by atoms with Crippen molar-refractivity contribution in [3.8, 4) is 0 Å². The van der Waals surface area contributed by atoms with E-state index in [1.807, 2.05) is 12.1 Å². The zero-order valence-corrected chi connectivity index (χ0v) is 16.1. The standard InChI is InChI=1S/C18H25N5O5/c1-11(15(8-24)22(2)3)27-18(25)26-9-12-4-7-16(28-12)13-5-6-14-17(19)20-10-21-23(13)14/h5-6,8,10-12,15-16H,4,7,9H2,1-3H3,(H2,19,20,21). The molecular formula is C18H25N5O5. The van der Waals surface area contributed by atoms with Crippen molar-refractivity contribution in [2.45, 2.75) is 44.1 Å². The lowest BCUT2D eigenvalue weighted by Gasteiger charge is -2.24. The van der Waals surface area contributed by atoms with Gasteiger partial charge in [-0.25, -0.2) is 14.3 Å². The Morgan fingerprint density at radius 1 is 1.46 bits per heavy atom. The van der Waals surface area contributed by atoms with Crippen LogP contribution < -0.4 is 5.73 Å². The molecule has 10 heteroatoms. The molecular weight excluding hydrogens is 366 g/mol. The molecule has 2 N–H and O–H groups in total. The second kappa shape index (κ2) is 8.53. The largest absolute Gasteiger partial charge is 0.508 e. The highest BCUT2D eigenvalue weighted by Gasteiger charge is 2.30. The van der Waals surface area contributed by atoms with Gasteiger partial charge in [0.15, 0.2) is 5.82 Å². The molecule has 2 aromatic rings. The molecule has 3 heterocycles. The van der Waals surface area contributed by atoms with Crippen molar-refractivity contribution in [3.63, 3.8) is 0 Å². The number of nitrogens with zero attached hydrogens (tertiary/aromatic N) is 4. The third-order valence-corrected chi connectivity index (χ3v) is 4.83. The molecule has 4 unspecified atom stereocenters. The van der Waals surface area contributed by atoms with Gasteiger partial charge in [-0.05, 0) is 46.0 Å². The Hall–Kier alpha value is -2.72. The van der Waals surface area contributed by atoms with Crippen molar-refractivity contribution in [1.29, 1.82) is 0 Å². The number of carbonyl (C=O) groups is 2. The number of ether oxygens (including phenoxy) is 3. The Bertz CT molecular complexity index is 839. The molecule has 3 rings (SSSR count). The summed E-state index contributed by atoms with van der Waals surface area (Å²) in [5, 5.41) is 4.22. The summed E-state index contributed by atoms with van der Waals surface area (Å²) in [6, 6.07) is 3.23. The van der Waals surface area contributed by atoms with Gasteiger partial charge in [-0.15, -0.1) is 0 Å².